The van der Waals surface area contributed by atoms with Crippen LogP contribution in [-0.2, 0) is 11.3 Å². The maximum Gasteiger partial charge on any atom is 0.251 e. The lowest BCUT2D eigenvalue weighted by Gasteiger charge is -2.15. The fraction of sp³-hybridized carbons (Fsp3) is 0.316. The topological polar surface area (TPSA) is 47.6 Å². The van der Waals surface area contributed by atoms with Gasteiger partial charge in [-0.15, -0.1) is 0 Å². The molecule has 1 unspecified atom stereocenters. The number of amides is 1. The molecule has 2 aromatic rings. The lowest BCUT2D eigenvalue weighted by atomic mass is 10.2. The molecule has 0 aliphatic rings. The van der Waals surface area contributed by atoms with E-state index >= 15 is 0 Å². The lowest BCUT2D eigenvalue weighted by Crippen LogP contribution is -2.35. The van der Waals surface area contributed by atoms with Gasteiger partial charge in [0.25, 0.3) is 5.91 Å². The molecular formula is C19H23NO3. The molecule has 1 atom stereocenters. The van der Waals surface area contributed by atoms with Crippen molar-refractivity contribution in [3.05, 3.63) is 65.7 Å². The zero-order valence-corrected chi connectivity index (χ0v) is 13.6. The fourth-order valence-electron chi connectivity index (χ4n) is 2.17. The van der Waals surface area contributed by atoms with Crippen LogP contribution in [0.2, 0.25) is 0 Å². The molecule has 0 bridgehead atoms. The molecule has 1 N–H and O–H groups in total. The molecule has 0 saturated carbocycles. The second-order valence-electron chi connectivity index (χ2n) is 5.34. The Bertz CT molecular complexity index is 613. The van der Waals surface area contributed by atoms with E-state index in [1.54, 1.807) is 12.1 Å². The molecule has 0 fully saturated rings. The minimum Gasteiger partial charge on any atom is -0.494 e. The quantitative estimate of drug-likeness (QED) is 0.812. The largest absolute Gasteiger partial charge is 0.494 e. The van der Waals surface area contributed by atoms with Crippen LogP contribution in [0.4, 0.5) is 0 Å². The van der Waals surface area contributed by atoms with Gasteiger partial charge in [0.15, 0.2) is 0 Å². The van der Waals surface area contributed by atoms with E-state index in [9.17, 15) is 4.79 Å². The van der Waals surface area contributed by atoms with Crippen molar-refractivity contribution in [3.8, 4) is 5.75 Å². The molecule has 2 aromatic carbocycles. The SMILES string of the molecule is CCOc1cccc(C(=O)NC(C)COCc2ccccc2)c1. The van der Waals surface area contributed by atoms with Crippen molar-refractivity contribution >= 4 is 5.91 Å². The summed E-state index contributed by atoms with van der Waals surface area (Å²) in [5.74, 6) is 0.579. The molecule has 23 heavy (non-hydrogen) atoms. The summed E-state index contributed by atoms with van der Waals surface area (Å²) in [6.07, 6.45) is 0. The number of carbonyl (C=O) groups is 1. The van der Waals surface area contributed by atoms with Crippen LogP contribution in [0.5, 0.6) is 5.75 Å². The van der Waals surface area contributed by atoms with E-state index in [4.69, 9.17) is 9.47 Å². The highest BCUT2D eigenvalue weighted by Gasteiger charge is 2.10. The molecule has 0 saturated heterocycles. The lowest BCUT2D eigenvalue weighted by molar-refractivity contribution is 0.0820. The first kappa shape index (κ1) is 17.0. The van der Waals surface area contributed by atoms with Gasteiger partial charge >= 0.3 is 0 Å². The number of hydrogen-bond donors (Lipinski definition) is 1. The van der Waals surface area contributed by atoms with E-state index in [2.05, 4.69) is 5.32 Å². The van der Waals surface area contributed by atoms with Gasteiger partial charge in [0.05, 0.1) is 19.8 Å². The average molecular weight is 313 g/mol. The van der Waals surface area contributed by atoms with Crippen molar-refractivity contribution in [1.29, 1.82) is 0 Å². The van der Waals surface area contributed by atoms with Crippen LogP contribution in [0, 0.1) is 0 Å². The van der Waals surface area contributed by atoms with Crippen LogP contribution in [-0.4, -0.2) is 25.2 Å². The third-order valence-corrected chi connectivity index (χ3v) is 3.26. The Balaban J connectivity index is 1.79. The average Bonchev–Trinajstić information content (AvgIpc) is 2.56. The molecule has 1 amide bonds. The van der Waals surface area contributed by atoms with Gasteiger partial charge < -0.3 is 14.8 Å². The van der Waals surface area contributed by atoms with Crippen molar-refractivity contribution in [2.24, 2.45) is 0 Å². The number of hydrogen-bond acceptors (Lipinski definition) is 3. The van der Waals surface area contributed by atoms with Gasteiger partial charge in [0.2, 0.25) is 0 Å². The fourth-order valence-corrected chi connectivity index (χ4v) is 2.17. The number of carbonyl (C=O) groups excluding carboxylic acids is 1. The maximum absolute atomic E-state index is 12.2. The highest BCUT2D eigenvalue weighted by Crippen LogP contribution is 2.13. The molecule has 0 aromatic heterocycles. The molecule has 0 radical (unpaired) electrons. The number of nitrogens with one attached hydrogen (secondary N) is 1. The monoisotopic (exact) mass is 313 g/mol. The normalized spacial score (nSPS) is 11.7. The van der Waals surface area contributed by atoms with Gasteiger partial charge in [-0.2, -0.15) is 0 Å². The molecule has 4 heteroatoms. The van der Waals surface area contributed by atoms with Crippen molar-refractivity contribution in [2.45, 2.75) is 26.5 Å². The van der Waals surface area contributed by atoms with Crippen LogP contribution < -0.4 is 10.1 Å². The van der Waals surface area contributed by atoms with E-state index in [-0.39, 0.29) is 11.9 Å². The molecule has 0 spiro atoms. The Morgan fingerprint density at radius 2 is 1.91 bits per heavy atom. The Morgan fingerprint density at radius 1 is 1.13 bits per heavy atom. The zero-order chi connectivity index (χ0) is 16.5. The van der Waals surface area contributed by atoms with Gasteiger partial charge in [-0.25, -0.2) is 0 Å². The van der Waals surface area contributed by atoms with Crippen LogP contribution in [0.15, 0.2) is 54.6 Å². The highest BCUT2D eigenvalue weighted by molar-refractivity contribution is 5.94. The summed E-state index contributed by atoms with van der Waals surface area (Å²) in [4.78, 5) is 12.2. The summed E-state index contributed by atoms with van der Waals surface area (Å²) in [5.41, 5.74) is 1.71. The van der Waals surface area contributed by atoms with Crippen LogP contribution in [0.1, 0.15) is 29.8 Å². The van der Waals surface area contributed by atoms with Crippen LogP contribution in [0.25, 0.3) is 0 Å². The Kier molecular flexibility index (Phi) is 6.63. The van der Waals surface area contributed by atoms with Gasteiger partial charge in [-0.1, -0.05) is 36.4 Å². The predicted molar refractivity (Wildman–Crippen MR) is 90.6 cm³/mol. The third-order valence-electron chi connectivity index (χ3n) is 3.26. The minimum absolute atomic E-state index is 0.0676. The smallest absolute Gasteiger partial charge is 0.251 e. The second kappa shape index (κ2) is 8.96. The second-order valence-corrected chi connectivity index (χ2v) is 5.34. The summed E-state index contributed by atoms with van der Waals surface area (Å²) >= 11 is 0. The van der Waals surface area contributed by atoms with Crippen molar-refractivity contribution in [2.75, 3.05) is 13.2 Å². The molecule has 122 valence electrons. The van der Waals surface area contributed by atoms with Crippen LogP contribution in [0.3, 0.4) is 0 Å². The Labute approximate surface area is 137 Å². The Hall–Kier alpha value is -2.33. The van der Waals surface area contributed by atoms with Crippen LogP contribution >= 0.6 is 0 Å². The summed E-state index contributed by atoms with van der Waals surface area (Å²) < 4.78 is 11.1. The standard InChI is InChI=1S/C19H23NO3/c1-3-23-18-11-7-10-17(12-18)19(21)20-15(2)13-22-14-16-8-5-4-6-9-16/h4-12,15H,3,13-14H2,1-2H3,(H,20,21). The van der Waals surface area contributed by atoms with Gasteiger partial charge in [-0.3, -0.25) is 4.79 Å². The third kappa shape index (κ3) is 5.75. The zero-order valence-electron chi connectivity index (χ0n) is 13.6. The number of benzene rings is 2. The first-order valence-corrected chi connectivity index (χ1v) is 7.84. The number of rotatable bonds is 8. The van der Waals surface area contributed by atoms with E-state index < -0.39 is 0 Å². The van der Waals surface area contributed by atoms with Crippen molar-refractivity contribution < 1.29 is 14.3 Å². The minimum atomic E-state index is -0.123. The summed E-state index contributed by atoms with van der Waals surface area (Å²) in [6, 6.07) is 17.1. The van der Waals surface area contributed by atoms with E-state index in [0.29, 0.717) is 31.1 Å². The molecule has 4 nitrogen and oxygen atoms in total. The Morgan fingerprint density at radius 3 is 2.65 bits per heavy atom. The first-order chi connectivity index (χ1) is 11.2. The summed E-state index contributed by atoms with van der Waals surface area (Å²) in [7, 11) is 0. The van der Waals surface area contributed by atoms with Crippen molar-refractivity contribution in [1.82, 2.24) is 5.32 Å². The maximum atomic E-state index is 12.2. The first-order valence-electron chi connectivity index (χ1n) is 7.84. The van der Waals surface area contributed by atoms with Gasteiger partial charge in [0.1, 0.15) is 5.75 Å². The van der Waals surface area contributed by atoms with E-state index in [1.807, 2.05) is 56.3 Å². The molecule has 0 aliphatic carbocycles. The highest BCUT2D eigenvalue weighted by atomic mass is 16.5. The molecular weight excluding hydrogens is 290 g/mol. The predicted octanol–water partition coefficient (Wildman–Crippen LogP) is 3.42. The van der Waals surface area contributed by atoms with Gasteiger partial charge in [0, 0.05) is 11.6 Å². The van der Waals surface area contributed by atoms with E-state index in [0.717, 1.165) is 5.56 Å². The number of ether oxygens (including phenoxy) is 2. The van der Waals surface area contributed by atoms with Gasteiger partial charge in [-0.05, 0) is 37.6 Å². The van der Waals surface area contributed by atoms with E-state index in [1.165, 1.54) is 0 Å². The molecule has 0 aliphatic heterocycles. The summed E-state index contributed by atoms with van der Waals surface area (Å²) in [5, 5.41) is 2.93. The summed E-state index contributed by atoms with van der Waals surface area (Å²) in [6.45, 7) is 5.43. The molecule has 0 heterocycles. The molecule has 2 rings (SSSR count). The van der Waals surface area contributed by atoms with Crippen molar-refractivity contribution in [3.63, 3.8) is 0 Å².